The second kappa shape index (κ2) is 14.2. The Morgan fingerprint density at radius 2 is 1.89 bits per heavy atom. The summed E-state index contributed by atoms with van der Waals surface area (Å²) < 4.78 is 0. The monoisotopic (exact) mass is 637 g/mol. The molecule has 4 heterocycles. The molecule has 1 N–H and O–H groups in total. The molecule has 4 aliphatic rings. The van der Waals surface area contributed by atoms with E-state index in [-0.39, 0.29) is 35.8 Å². The van der Waals surface area contributed by atoms with E-state index in [1.807, 2.05) is 19.2 Å². The number of aromatic nitrogens is 1. The number of fused-ring (bicyclic) bond motifs is 1. The number of thiazole rings is 1. The van der Waals surface area contributed by atoms with Crippen molar-refractivity contribution in [2.45, 2.75) is 110 Å². The smallest absolute Gasteiger partial charge is 0.276 e. The third kappa shape index (κ3) is 8.22. The first-order valence-electron chi connectivity index (χ1n) is 16.3. The number of hydrogen-bond acceptors (Lipinski definition) is 8. The van der Waals surface area contributed by atoms with Crippen molar-refractivity contribution in [1.82, 2.24) is 24.7 Å². The molecule has 244 valence electrons. The van der Waals surface area contributed by atoms with Gasteiger partial charge in [-0.25, -0.2) is 4.98 Å². The van der Waals surface area contributed by atoms with Crippen LogP contribution in [-0.2, 0) is 19.2 Å². The Hall–Kier alpha value is -3.04. The molecule has 0 unspecified atom stereocenters. The van der Waals surface area contributed by atoms with Crippen LogP contribution in [0.4, 0.5) is 0 Å². The summed E-state index contributed by atoms with van der Waals surface area (Å²) >= 11 is 1.37. The Labute approximate surface area is 271 Å². The minimum absolute atomic E-state index is 0.00664. The summed E-state index contributed by atoms with van der Waals surface area (Å²) in [6.45, 7) is 12.2. The van der Waals surface area contributed by atoms with E-state index in [0.717, 1.165) is 25.9 Å². The zero-order chi connectivity index (χ0) is 32.3. The molecule has 11 heteroatoms. The summed E-state index contributed by atoms with van der Waals surface area (Å²) in [5.74, 6) is 5.58. The lowest BCUT2D eigenvalue weighted by atomic mass is 9.85. The number of carbonyl (C=O) groups is 3. The highest BCUT2D eigenvalue weighted by molar-refractivity contribution is 7.10. The number of hydroxylamine groups is 2. The molecule has 1 aromatic heterocycles. The van der Waals surface area contributed by atoms with E-state index >= 15 is 0 Å². The van der Waals surface area contributed by atoms with Crippen molar-refractivity contribution in [3.63, 3.8) is 0 Å². The quantitative estimate of drug-likeness (QED) is 0.244. The Bertz CT molecular complexity index is 1370. The van der Waals surface area contributed by atoms with Crippen molar-refractivity contribution in [3.8, 4) is 11.8 Å². The zero-order valence-electron chi connectivity index (χ0n) is 27.2. The van der Waals surface area contributed by atoms with Crippen molar-refractivity contribution < 1.29 is 24.3 Å². The molecule has 3 amide bonds. The van der Waals surface area contributed by atoms with E-state index < -0.39 is 18.1 Å². The van der Waals surface area contributed by atoms with E-state index in [2.05, 4.69) is 42.5 Å². The third-order valence-electron chi connectivity index (χ3n) is 8.52. The van der Waals surface area contributed by atoms with Crippen LogP contribution in [0.15, 0.2) is 23.5 Å². The molecule has 2 saturated heterocycles. The number of hydrogen-bond donors (Lipinski definition) is 1. The van der Waals surface area contributed by atoms with Crippen molar-refractivity contribution >= 4 is 35.1 Å². The van der Waals surface area contributed by atoms with Crippen LogP contribution in [0.1, 0.15) is 96.7 Å². The third-order valence-corrected chi connectivity index (χ3v) is 9.33. The van der Waals surface area contributed by atoms with Gasteiger partial charge in [0.25, 0.3) is 11.8 Å². The standard InChI is InChI=1S/C34H47N5O5S/c1-23(2)19-28-33(43)38-27(20-34(3,4)5)32(42)37(26-14-16-36(17-15-26)25-10-11-25)21-30(38)39(44-28)31(41)13-12-29-35-24(22-45-29)9-7-6-8-18-40/h12-13,21-23,25-28,40H,6,8,10-11,14-20H2,1-5H3/b13-12+/t27-,28+/m0/s1. The first-order chi connectivity index (χ1) is 21.4. The van der Waals surface area contributed by atoms with Gasteiger partial charge in [0.05, 0.1) is 6.20 Å². The normalized spacial score (nSPS) is 23.4. The second-order valence-electron chi connectivity index (χ2n) is 14.1. The largest absolute Gasteiger partial charge is 0.396 e. The number of rotatable bonds is 9. The molecule has 10 nitrogen and oxygen atoms in total. The van der Waals surface area contributed by atoms with E-state index in [1.165, 1.54) is 40.2 Å². The van der Waals surface area contributed by atoms with Crippen molar-refractivity contribution in [1.29, 1.82) is 0 Å². The first kappa shape index (κ1) is 33.3. The van der Waals surface area contributed by atoms with Crippen LogP contribution in [0.2, 0.25) is 0 Å². The molecule has 0 bridgehead atoms. The Balaban J connectivity index is 1.45. The summed E-state index contributed by atoms with van der Waals surface area (Å²) in [7, 11) is 0. The van der Waals surface area contributed by atoms with E-state index in [9.17, 15) is 14.4 Å². The lowest BCUT2D eigenvalue weighted by Gasteiger charge is -2.50. The Morgan fingerprint density at radius 3 is 2.53 bits per heavy atom. The van der Waals surface area contributed by atoms with Crippen LogP contribution >= 0.6 is 11.3 Å². The summed E-state index contributed by atoms with van der Waals surface area (Å²) in [5, 5.41) is 12.6. The maximum Gasteiger partial charge on any atom is 0.276 e. The molecule has 0 spiro atoms. The van der Waals surface area contributed by atoms with Gasteiger partial charge in [0.2, 0.25) is 5.91 Å². The van der Waals surface area contributed by atoms with Crippen molar-refractivity contribution in [3.05, 3.63) is 34.2 Å². The van der Waals surface area contributed by atoms with E-state index in [4.69, 9.17) is 9.94 Å². The van der Waals surface area contributed by atoms with Gasteiger partial charge < -0.3 is 14.9 Å². The maximum absolute atomic E-state index is 14.2. The Kier molecular flexibility index (Phi) is 10.5. The highest BCUT2D eigenvalue weighted by Crippen LogP contribution is 2.38. The number of aliphatic hydroxyl groups excluding tert-OH is 1. The lowest BCUT2D eigenvalue weighted by molar-refractivity contribution is -0.226. The van der Waals surface area contributed by atoms with Crippen molar-refractivity contribution in [2.24, 2.45) is 11.3 Å². The fourth-order valence-corrected chi connectivity index (χ4v) is 6.83. The number of unbranched alkanes of at least 4 members (excludes halogenated alkanes) is 1. The van der Waals surface area contributed by atoms with Gasteiger partial charge in [0.1, 0.15) is 16.7 Å². The summed E-state index contributed by atoms with van der Waals surface area (Å²) in [4.78, 5) is 58.6. The molecule has 2 atom stereocenters. The number of carbonyl (C=O) groups excluding carboxylic acids is 3. The molecular formula is C34H47N5O5S. The van der Waals surface area contributed by atoms with Gasteiger partial charge in [-0.3, -0.25) is 24.1 Å². The lowest BCUT2D eigenvalue weighted by Crippen LogP contribution is -2.65. The molecule has 0 radical (unpaired) electrons. The fraction of sp³-hybridized carbons (Fsp3) is 0.647. The van der Waals surface area contributed by atoms with Gasteiger partial charge in [0.15, 0.2) is 11.9 Å². The molecule has 1 saturated carbocycles. The van der Waals surface area contributed by atoms with Crippen LogP contribution in [-0.4, -0.2) is 91.5 Å². The fourth-order valence-electron chi connectivity index (χ4n) is 6.19. The molecule has 1 aliphatic carbocycles. The molecule has 3 aliphatic heterocycles. The van der Waals surface area contributed by atoms with E-state index in [1.54, 1.807) is 17.2 Å². The van der Waals surface area contributed by atoms with Gasteiger partial charge in [-0.1, -0.05) is 40.5 Å². The van der Waals surface area contributed by atoms with Gasteiger partial charge in [-0.2, -0.15) is 5.06 Å². The number of likely N-dealkylation sites (tertiary alicyclic amines) is 1. The Morgan fingerprint density at radius 1 is 1.16 bits per heavy atom. The number of aliphatic hydroxyl groups is 1. The topological polar surface area (TPSA) is 107 Å². The average Bonchev–Trinajstić information content (AvgIpc) is 3.74. The number of piperidine rings is 1. The van der Waals surface area contributed by atoms with Crippen LogP contribution < -0.4 is 0 Å². The molecule has 0 aromatic carbocycles. The van der Waals surface area contributed by atoms with Gasteiger partial charge in [-0.05, 0) is 68.3 Å². The van der Waals surface area contributed by atoms with Crippen LogP contribution in [0.3, 0.4) is 0 Å². The minimum Gasteiger partial charge on any atom is -0.396 e. The average molecular weight is 638 g/mol. The molecule has 45 heavy (non-hydrogen) atoms. The summed E-state index contributed by atoms with van der Waals surface area (Å²) in [5.41, 5.74) is 0.365. The zero-order valence-corrected chi connectivity index (χ0v) is 28.0. The maximum atomic E-state index is 14.2. The number of amides is 3. The van der Waals surface area contributed by atoms with Crippen LogP contribution in [0.5, 0.6) is 0 Å². The number of nitrogens with zero attached hydrogens (tertiary/aromatic N) is 5. The SMILES string of the molecule is CC(C)C[C@H]1ON(C(=O)/C=C/c2nc(C#CCCCO)cs2)C2=CN(C3CCN(C4CC4)CC3)C(=O)[C@H](CC(C)(C)C)N2C1=O. The molecular weight excluding hydrogens is 590 g/mol. The summed E-state index contributed by atoms with van der Waals surface area (Å²) in [6, 6.07) is -0.0598. The minimum atomic E-state index is -0.885. The predicted octanol–water partition coefficient (Wildman–Crippen LogP) is 4.37. The van der Waals surface area contributed by atoms with Gasteiger partial charge >= 0.3 is 0 Å². The van der Waals surface area contributed by atoms with E-state index in [0.29, 0.717) is 48.2 Å². The van der Waals surface area contributed by atoms with Gasteiger partial charge in [0, 0.05) is 49.7 Å². The molecule has 3 fully saturated rings. The molecule has 1 aromatic rings. The molecule has 5 rings (SSSR count). The first-order valence-corrected chi connectivity index (χ1v) is 17.2. The van der Waals surface area contributed by atoms with Gasteiger partial charge in [-0.15, -0.1) is 11.3 Å². The predicted molar refractivity (Wildman–Crippen MR) is 173 cm³/mol. The second-order valence-corrected chi connectivity index (χ2v) is 15.0. The van der Waals surface area contributed by atoms with Crippen LogP contribution in [0.25, 0.3) is 6.08 Å². The van der Waals surface area contributed by atoms with Crippen molar-refractivity contribution in [2.75, 3.05) is 19.7 Å². The highest BCUT2D eigenvalue weighted by Gasteiger charge is 2.51. The summed E-state index contributed by atoms with van der Waals surface area (Å²) in [6.07, 6.45) is 10.1. The highest BCUT2D eigenvalue weighted by atomic mass is 32.1. The van der Waals surface area contributed by atoms with Crippen LogP contribution in [0, 0.1) is 23.2 Å².